The van der Waals surface area contributed by atoms with Crippen molar-refractivity contribution in [1.29, 1.82) is 0 Å². The van der Waals surface area contributed by atoms with Gasteiger partial charge in [0.2, 0.25) is 6.79 Å². The summed E-state index contributed by atoms with van der Waals surface area (Å²) in [6.07, 6.45) is 6.98. The molecule has 0 aromatic heterocycles. The minimum absolute atomic E-state index is 0.294. The molecule has 2 unspecified atom stereocenters. The largest absolute Gasteiger partial charge is 0.348 e. The number of allylic oxidation sites excluding steroid dienone is 1. The van der Waals surface area contributed by atoms with E-state index in [1.807, 2.05) is 0 Å². The van der Waals surface area contributed by atoms with E-state index in [4.69, 9.17) is 9.47 Å². The fourth-order valence-electron chi connectivity index (χ4n) is 1.46. The quantitative estimate of drug-likeness (QED) is 0.473. The average Bonchev–Trinajstić information content (AvgIpc) is 2.05. The van der Waals surface area contributed by atoms with Crippen LogP contribution < -0.4 is 0 Å². The molecule has 0 bridgehead atoms. The lowest BCUT2D eigenvalue weighted by Crippen LogP contribution is -2.32. The van der Waals surface area contributed by atoms with Gasteiger partial charge in [0.15, 0.2) is 0 Å². The average molecular weight is 139 g/mol. The minimum Gasteiger partial charge on any atom is -0.348 e. The van der Waals surface area contributed by atoms with Gasteiger partial charge in [-0.3, -0.25) is 0 Å². The molecule has 55 valence electrons. The number of hydrogen-bond acceptors (Lipinski definition) is 2. The third-order valence-corrected chi connectivity index (χ3v) is 2.09. The summed E-state index contributed by atoms with van der Waals surface area (Å²) in [5, 5.41) is 0. The van der Waals surface area contributed by atoms with Gasteiger partial charge in [0.1, 0.15) is 0 Å². The molecule has 0 aromatic carbocycles. The fraction of sp³-hybridized carbons (Fsp3) is 0.625. The third-order valence-electron chi connectivity index (χ3n) is 2.09. The molecule has 2 atom stereocenters. The molecular formula is C8H11O2. The summed E-state index contributed by atoms with van der Waals surface area (Å²) in [4.78, 5) is 0. The Kier molecular flexibility index (Phi) is 1.74. The van der Waals surface area contributed by atoms with Crippen molar-refractivity contribution < 1.29 is 9.47 Å². The number of hydrogen-bond donors (Lipinski definition) is 0. The van der Waals surface area contributed by atoms with Crippen LogP contribution in [0.4, 0.5) is 0 Å². The standard InChI is InChI=1S/C8H11O2/c1-2-4-8-7(3-1)5-9-6-10-8/h2,4,6-8H,1,3,5H2. The predicted molar refractivity (Wildman–Crippen MR) is 37.0 cm³/mol. The molecule has 0 N–H and O–H groups in total. The zero-order chi connectivity index (χ0) is 6.81. The van der Waals surface area contributed by atoms with Gasteiger partial charge in [0.25, 0.3) is 0 Å². The number of rotatable bonds is 0. The summed E-state index contributed by atoms with van der Waals surface area (Å²) >= 11 is 0. The second-order valence-electron chi connectivity index (χ2n) is 2.80. The topological polar surface area (TPSA) is 18.5 Å². The van der Waals surface area contributed by atoms with Gasteiger partial charge in [0, 0.05) is 5.92 Å². The molecule has 1 saturated heterocycles. The Hall–Kier alpha value is -0.340. The molecule has 2 aliphatic rings. The molecular weight excluding hydrogens is 128 g/mol. The van der Waals surface area contributed by atoms with Crippen molar-refractivity contribution in [2.45, 2.75) is 18.9 Å². The normalized spacial score (nSPS) is 39.2. The number of ether oxygens (including phenoxy) is 2. The molecule has 1 heterocycles. The minimum atomic E-state index is 0.294. The molecule has 2 rings (SSSR count). The maximum atomic E-state index is 5.25. The van der Waals surface area contributed by atoms with Crippen LogP contribution in [0.15, 0.2) is 12.2 Å². The van der Waals surface area contributed by atoms with E-state index in [2.05, 4.69) is 12.2 Å². The van der Waals surface area contributed by atoms with Crippen molar-refractivity contribution in [3.63, 3.8) is 0 Å². The highest BCUT2D eigenvalue weighted by Gasteiger charge is 2.26. The molecule has 0 spiro atoms. The molecule has 1 radical (unpaired) electrons. The Bertz CT molecular complexity index is 142. The summed E-state index contributed by atoms with van der Waals surface area (Å²) in [5.41, 5.74) is 0. The predicted octanol–water partition coefficient (Wildman–Crippen LogP) is 1.49. The van der Waals surface area contributed by atoms with Crippen molar-refractivity contribution in [2.75, 3.05) is 6.61 Å². The van der Waals surface area contributed by atoms with E-state index >= 15 is 0 Å². The van der Waals surface area contributed by atoms with Crippen LogP contribution in [-0.2, 0) is 9.47 Å². The van der Waals surface area contributed by atoms with Gasteiger partial charge in [-0.05, 0) is 12.8 Å². The zero-order valence-corrected chi connectivity index (χ0v) is 5.82. The van der Waals surface area contributed by atoms with Crippen LogP contribution in [0.2, 0.25) is 0 Å². The van der Waals surface area contributed by atoms with E-state index in [0.717, 1.165) is 6.61 Å². The number of fused-ring (bicyclic) bond motifs is 1. The molecule has 1 aliphatic heterocycles. The summed E-state index contributed by atoms with van der Waals surface area (Å²) in [5.74, 6) is 0.593. The fourth-order valence-corrected chi connectivity index (χ4v) is 1.46. The Labute approximate surface area is 60.8 Å². The van der Waals surface area contributed by atoms with E-state index < -0.39 is 0 Å². The highest BCUT2D eigenvalue weighted by molar-refractivity contribution is 4.99. The lowest BCUT2D eigenvalue weighted by atomic mass is 9.92. The van der Waals surface area contributed by atoms with Crippen molar-refractivity contribution >= 4 is 0 Å². The van der Waals surface area contributed by atoms with Crippen molar-refractivity contribution in [3.8, 4) is 0 Å². The smallest absolute Gasteiger partial charge is 0.210 e. The van der Waals surface area contributed by atoms with Gasteiger partial charge in [-0.15, -0.1) is 0 Å². The van der Waals surface area contributed by atoms with E-state index in [1.54, 1.807) is 0 Å². The first kappa shape index (κ1) is 6.38. The Morgan fingerprint density at radius 3 is 3.30 bits per heavy atom. The van der Waals surface area contributed by atoms with E-state index in [-0.39, 0.29) is 0 Å². The third kappa shape index (κ3) is 1.09. The van der Waals surface area contributed by atoms with Gasteiger partial charge < -0.3 is 9.47 Å². The highest BCUT2D eigenvalue weighted by Crippen LogP contribution is 2.25. The molecule has 0 saturated carbocycles. The maximum absolute atomic E-state index is 5.25. The van der Waals surface area contributed by atoms with Crippen LogP contribution in [0, 0.1) is 12.7 Å². The van der Waals surface area contributed by atoms with Crippen LogP contribution >= 0.6 is 0 Å². The van der Waals surface area contributed by atoms with E-state index in [9.17, 15) is 0 Å². The van der Waals surface area contributed by atoms with Gasteiger partial charge in [-0.2, -0.15) is 0 Å². The highest BCUT2D eigenvalue weighted by atomic mass is 16.7. The molecule has 0 aromatic rings. The van der Waals surface area contributed by atoms with E-state index in [0.29, 0.717) is 12.0 Å². The molecule has 1 aliphatic carbocycles. The summed E-state index contributed by atoms with van der Waals surface area (Å²) < 4.78 is 10.3. The Balaban J connectivity index is 2.03. The van der Waals surface area contributed by atoms with Gasteiger partial charge >= 0.3 is 0 Å². The SMILES string of the molecule is [CH]1OCC2CCC=CC2O1. The molecule has 0 amide bonds. The maximum Gasteiger partial charge on any atom is 0.210 e. The van der Waals surface area contributed by atoms with Crippen molar-refractivity contribution in [3.05, 3.63) is 18.9 Å². The first-order valence-corrected chi connectivity index (χ1v) is 3.72. The van der Waals surface area contributed by atoms with Gasteiger partial charge in [-0.25, -0.2) is 0 Å². The molecule has 10 heavy (non-hydrogen) atoms. The monoisotopic (exact) mass is 139 g/mol. The van der Waals surface area contributed by atoms with Crippen LogP contribution in [0.1, 0.15) is 12.8 Å². The molecule has 1 fully saturated rings. The molecule has 2 nitrogen and oxygen atoms in total. The van der Waals surface area contributed by atoms with Crippen LogP contribution in [0.25, 0.3) is 0 Å². The van der Waals surface area contributed by atoms with Crippen LogP contribution in [-0.4, -0.2) is 12.7 Å². The van der Waals surface area contributed by atoms with Crippen LogP contribution in [0.5, 0.6) is 0 Å². The lowest BCUT2D eigenvalue weighted by Gasteiger charge is -2.30. The van der Waals surface area contributed by atoms with Crippen LogP contribution in [0.3, 0.4) is 0 Å². The zero-order valence-electron chi connectivity index (χ0n) is 5.82. The van der Waals surface area contributed by atoms with Gasteiger partial charge in [0.05, 0.1) is 12.7 Å². The Morgan fingerprint density at radius 1 is 1.40 bits per heavy atom. The first-order chi connectivity index (χ1) is 4.97. The molecule has 2 heteroatoms. The Morgan fingerprint density at radius 2 is 2.40 bits per heavy atom. The van der Waals surface area contributed by atoms with E-state index in [1.165, 1.54) is 19.6 Å². The second kappa shape index (κ2) is 2.72. The second-order valence-corrected chi connectivity index (χ2v) is 2.80. The lowest BCUT2D eigenvalue weighted by molar-refractivity contribution is -0.0983. The van der Waals surface area contributed by atoms with Gasteiger partial charge in [-0.1, -0.05) is 12.2 Å². The first-order valence-electron chi connectivity index (χ1n) is 3.72. The summed E-state index contributed by atoms with van der Waals surface area (Å²) in [7, 11) is 0. The van der Waals surface area contributed by atoms with Crippen molar-refractivity contribution in [1.82, 2.24) is 0 Å². The summed E-state index contributed by atoms with van der Waals surface area (Å²) in [6, 6.07) is 0. The van der Waals surface area contributed by atoms with Crippen molar-refractivity contribution in [2.24, 2.45) is 5.92 Å². The summed E-state index contributed by atoms with van der Waals surface area (Å²) in [6.45, 7) is 2.28.